The number of nitrogens with one attached hydrogen (secondary N) is 1. The third-order valence-corrected chi connectivity index (χ3v) is 4.82. The summed E-state index contributed by atoms with van der Waals surface area (Å²) < 4.78 is 5.82. The van der Waals surface area contributed by atoms with Crippen molar-refractivity contribution in [2.75, 3.05) is 6.61 Å². The molecule has 2 aliphatic rings. The average Bonchev–Trinajstić information content (AvgIpc) is 2.52. The Bertz CT molecular complexity index is 614. The number of ether oxygens (including phenoxy) is 1. The summed E-state index contributed by atoms with van der Waals surface area (Å²) in [4.78, 5) is 27.2. The molecule has 1 saturated carbocycles. The topological polar surface area (TPSA) is 88.5 Å². The second kappa shape index (κ2) is 5.35. The fraction of sp³-hybridized carbons (Fsp3) is 0.562. The SMILES string of the molecule is CC1(C)C(NC(=O)c2cccc(C(=O)O)n2)C2CCCOC21. The van der Waals surface area contributed by atoms with Crippen molar-refractivity contribution in [1.29, 1.82) is 0 Å². The largest absolute Gasteiger partial charge is 0.477 e. The number of rotatable bonds is 3. The molecule has 2 fully saturated rings. The standard InChI is InChI=1S/C16H20N2O4/c1-16(2)12(9-5-4-8-22-13(9)16)18-14(19)10-6-3-7-11(17-10)15(20)21/h3,6-7,9,12-13H,4-5,8H2,1-2H3,(H,18,19)(H,20,21). The van der Waals surface area contributed by atoms with E-state index in [1.807, 2.05) is 0 Å². The molecular weight excluding hydrogens is 284 g/mol. The molecule has 2 heterocycles. The van der Waals surface area contributed by atoms with Gasteiger partial charge in [0.05, 0.1) is 6.10 Å². The minimum atomic E-state index is -1.14. The highest BCUT2D eigenvalue weighted by atomic mass is 16.5. The van der Waals surface area contributed by atoms with Crippen LogP contribution in [0, 0.1) is 11.3 Å². The summed E-state index contributed by atoms with van der Waals surface area (Å²) in [6, 6.07) is 4.46. The first-order valence-electron chi connectivity index (χ1n) is 7.54. The molecule has 0 bridgehead atoms. The van der Waals surface area contributed by atoms with Gasteiger partial charge in [0.2, 0.25) is 0 Å². The van der Waals surface area contributed by atoms with Gasteiger partial charge in [-0.2, -0.15) is 0 Å². The molecule has 1 saturated heterocycles. The zero-order chi connectivity index (χ0) is 15.9. The molecule has 6 heteroatoms. The van der Waals surface area contributed by atoms with Gasteiger partial charge in [-0.05, 0) is 25.0 Å². The van der Waals surface area contributed by atoms with E-state index in [2.05, 4.69) is 24.1 Å². The van der Waals surface area contributed by atoms with E-state index < -0.39 is 5.97 Å². The molecule has 1 amide bonds. The Kier molecular flexibility index (Phi) is 3.64. The molecule has 2 N–H and O–H groups in total. The first-order chi connectivity index (χ1) is 10.4. The number of aromatic carboxylic acids is 1. The third-order valence-electron chi connectivity index (χ3n) is 4.82. The van der Waals surface area contributed by atoms with Gasteiger partial charge in [0.15, 0.2) is 0 Å². The van der Waals surface area contributed by atoms with Crippen molar-refractivity contribution in [2.24, 2.45) is 11.3 Å². The number of amides is 1. The molecule has 3 atom stereocenters. The van der Waals surface area contributed by atoms with Gasteiger partial charge in [0.1, 0.15) is 11.4 Å². The van der Waals surface area contributed by atoms with Crippen LogP contribution < -0.4 is 5.32 Å². The summed E-state index contributed by atoms with van der Waals surface area (Å²) in [7, 11) is 0. The Labute approximate surface area is 128 Å². The lowest BCUT2D eigenvalue weighted by Gasteiger charge is -2.59. The number of aromatic nitrogens is 1. The summed E-state index contributed by atoms with van der Waals surface area (Å²) in [6.07, 6.45) is 2.24. The van der Waals surface area contributed by atoms with Gasteiger partial charge in [-0.25, -0.2) is 9.78 Å². The van der Waals surface area contributed by atoms with E-state index in [4.69, 9.17) is 9.84 Å². The minimum absolute atomic E-state index is 0.0283. The summed E-state index contributed by atoms with van der Waals surface area (Å²) in [5, 5.41) is 12.0. The van der Waals surface area contributed by atoms with E-state index in [-0.39, 0.29) is 34.9 Å². The molecule has 3 rings (SSSR count). The predicted molar refractivity (Wildman–Crippen MR) is 78.7 cm³/mol. The van der Waals surface area contributed by atoms with E-state index >= 15 is 0 Å². The maximum Gasteiger partial charge on any atom is 0.354 e. The Balaban J connectivity index is 1.74. The van der Waals surface area contributed by atoms with Crippen molar-refractivity contribution >= 4 is 11.9 Å². The first kappa shape index (κ1) is 15.0. The summed E-state index contributed by atoms with van der Waals surface area (Å²) in [5.41, 5.74) is -0.110. The number of pyridine rings is 1. The highest BCUT2D eigenvalue weighted by Gasteiger charge is 2.58. The van der Waals surface area contributed by atoms with Crippen LogP contribution >= 0.6 is 0 Å². The molecule has 118 valence electrons. The van der Waals surface area contributed by atoms with E-state index in [9.17, 15) is 9.59 Å². The molecule has 0 aromatic carbocycles. The predicted octanol–water partition coefficient (Wildman–Crippen LogP) is 1.71. The van der Waals surface area contributed by atoms with Crippen molar-refractivity contribution < 1.29 is 19.4 Å². The van der Waals surface area contributed by atoms with Crippen molar-refractivity contribution in [3.05, 3.63) is 29.6 Å². The van der Waals surface area contributed by atoms with Gasteiger partial charge in [-0.15, -0.1) is 0 Å². The second-order valence-corrected chi connectivity index (χ2v) is 6.58. The summed E-state index contributed by atoms with van der Waals surface area (Å²) in [6.45, 7) is 4.96. The van der Waals surface area contributed by atoms with Crippen LogP contribution in [0.3, 0.4) is 0 Å². The van der Waals surface area contributed by atoms with E-state index in [0.717, 1.165) is 19.4 Å². The summed E-state index contributed by atoms with van der Waals surface area (Å²) >= 11 is 0. The maximum atomic E-state index is 12.4. The molecule has 1 aromatic rings. The number of carbonyl (C=O) groups is 2. The van der Waals surface area contributed by atoms with Crippen LogP contribution in [0.25, 0.3) is 0 Å². The highest BCUT2D eigenvalue weighted by molar-refractivity contribution is 5.94. The fourth-order valence-corrected chi connectivity index (χ4v) is 3.71. The minimum Gasteiger partial charge on any atom is -0.477 e. The first-order valence-corrected chi connectivity index (χ1v) is 7.54. The van der Waals surface area contributed by atoms with Crippen molar-refractivity contribution in [3.8, 4) is 0 Å². The molecule has 1 aliphatic carbocycles. The van der Waals surface area contributed by atoms with Crippen LogP contribution in [0.5, 0.6) is 0 Å². The molecule has 1 aliphatic heterocycles. The number of carboxylic acid groups (broad SMARTS) is 1. The third kappa shape index (κ3) is 2.37. The molecule has 0 spiro atoms. The van der Waals surface area contributed by atoms with Crippen LogP contribution in [-0.4, -0.2) is 40.7 Å². The van der Waals surface area contributed by atoms with Gasteiger partial charge in [-0.3, -0.25) is 4.79 Å². The monoisotopic (exact) mass is 304 g/mol. The quantitative estimate of drug-likeness (QED) is 0.887. The van der Waals surface area contributed by atoms with Gasteiger partial charge in [0, 0.05) is 24.0 Å². The number of hydrogen-bond donors (Lipinski definition) is 2. The Morgan fingerprint density at radius 3 is 2.82 bits per heavy atom. The highest BCUT2D eigenvalue weighted by Crippen LogP contribution is 2.51. The Morgan fingerprint density at radius 1 is 1.36 bits per heavy atom. The number of carbonyl (C=O) groups excluding carboxylic acids is 1. The molecule has 1 aromatic heterocycles. The fourth-order valence-electron chi connectivity index (χ4n) is 3.71. The van der Waals surface area contributed by atoms with Crippen LogP contribution in [0.2, 0.25) is 0 Å². The van der Waals surface area contributed by atoms with E-state index in [0.29, 0.717) is 5.92 Å². The van der Waals surface area contributed by atoms with Crippen molar-refractivity contribution in [3.63, 3.8) is 0 Å². The van der Waals surface area contributed by atoms with Crippen molar-refractivity contribution in [2.45, 2.75) is 38.8 Å². The normalized spacial score (nSPS) is 29.1. The molecule has 3 unspecified atom stereocenters. The molecule has 0 radical (unpaired) electrons. The number of nitrogens with zero attached hydrogens (tertiary/aromatic N) is 1. The zero-order valence-electron chi connectivity index (χ0n) is 12.7. The average molecular weight is 304 g/mol. The van der Waals surface area contributed by atoms with Gasteiger partial charge >= 0.3 is 5.97 Å². The Morgan fingerprint density at radius 2 is 2.09 bits per heavy atom. The van der Waals surface area contributed by atoms with Crippen LogP contribution in [0.15, 0.2) is 18.2 Å². The lowest BCUT2D eigenvalue weighted by molar-refractivity contribution is -0.189. The second-order valence-electron chi connectivity index (χ2n) is 6.58. The molecule has 22 heavy (non-hydrogen) atoms. The number of hydrogen-bond acceptors (Lipinski definition) is 4. The number of fused-ring (bicyclic) bond motifs is 1. The van der Waals surface area contributed by atoms with Crippen LogP contribution in [0.4, 0.5) is 0 Å². The Hall–Kier alpha value is -1.95. The maximum absolute atomic E-state index is 12.4. The molecular formula is C16H20N2O4. The van der Waals surface area contributed by atoms with Gasteiger partial charge < -0.3 is 15.2 Å². The summed E-state index contributed by atoms with van der Waals surface area (Å²) in [5.74, 6) is -1.14. The zero-order valence-corrected chi connectivity index (χ0v) is 12.7. The van der Waals surface area contributed by atoms with Crippen molar-refractivity contribution in [1.82, 2.24) is 10.3 Å². The number of carboxylic acids is 1. The lowest BCUT2D eigenvalue weighted by Crippen LogP contribution is -2.70. The van der Waals surface area contributed by atoms with E-state index in [1.54, 1.807) is 0 Å². The van der Waals surface area contributed by atoms with Gasteiger partial charge in [0.25, 0.3) is 5.91 Å². The smallest absolute Gasteiger partial charge is 0.354 e. The molecule has 6 nitrogen and oxygen atoms in total. The van der Waals surface area contributed by atoms with Crippen LogP contribution in [-0.2, 0) is 4.74 Å². The van der Waals surface area contributed by atoms with E-state index in [1.165, 1.54) is 18.2 Å². The lowest BCUT2D eigenvalue weighted by atomic mass is 9.55. The van der Waals surface area contributed by atoms with Gasteiger partial charge in [-0.1, -0.05) is 19.9 Å². The van der Waals surface area contributed by atoms with Crippen LogP contribution in [0.1, 0.15) is 47.7 Å².